The molecule has 79 heavy (non-hydrogen) atoms. The number of carbonyl (C=O) groups excluding carboxylic acids is 2. The molecule has 5 atom stereocenters. The minimum absolute atomic E-state index is 0.0718. The van der Waals surface area contributed by atoms with Crippen LogP contribution in [0.2, 0.25) is 0 Å². The molecule has 6 aromatic rings. The zero-order chi connectivity index (χ0) is 56.2. The summed E-state index contributed by atoms with van der Waals surface area (Å²) in [5.41, 5.74) is 1.51. The van der Waals surface area contributed by atoms with Crippen molar-refractivity contribution in [3.05, 3.63) is 200 Å². The lowest BCUT2D eigenvalue weighted by molar-refractivity contribution is -0.145. The number of nitrogens with one attached hydrogen (secondary N) is 1. The summed E-state index contributed by atoms with van der Waals surface area (Å²) in [4.78, 5) is 55.9. The molecule has 1 aliphatic rings. The fourth-order valence-electron chi connectivity index (χ4n) is 9.50. The molecule has 7 rings (SSSR count). The number of aromatic amines is 1. The van der Waals surface area contributed by atoms with Crippen molar-refractivity contribution in [3.8, 4) is 17.6 Å². The molecule has 5 aromatic carbocycles. The molecule has 2 heterocycles. The Balaban J connectivity index is 1.30. The number of benzene rings is 5. The Morgan fingerprint density at radius 2 is 1.24 bits per heavy atom. The van der Waals surface area contributed by atoms with Crippen molar-refractivity contribution in [2.45, 2.75) is 114 Å². The van der Waals surface area contributed by atoms with Crippen LogP contribution in [0.4, 0.5) is 0 Å². The predicted octanol–water partition coefficient (Wildman–Crippen LogP) is 10.9. The van der Waals surface area contributed by atoms with E-state index in [1.807, 2.05) is 167 Å². The van der Waals surface area contributed by atoms with Gasteiger partial charge in [0, 0.05) is 37.2 Å². The minimum atomic E-state index is -1.93. The third kappa shape index (κ3) is 16.5. The van der Waals surface area contributed by atoms with Gasteiger partial charge in [-0.15, -0.1) is 0 Å². The van der Waals surface area contributed by atoms with Crippen LogP contribution in [-0.4, -0.2) is 88.9 Å². The Kier molecular flexibility index (Phi) is 22.9. The Morgan fingerprint density at radius 1 is 0.734 bits per heavy atom. The van der Waals surface area contributed by atoms with Crippen LogP contribution >= 0.6 is 20.3 Å². The van der Waals surface area contributed by atoms with E-state index in [4.69, 9.17) is 37.5 Å². The molecule has 0 radical (unpaired) electrons. The highest BCUT2D eigenvalue weighted by atomic mass is 32.2. The van der Waals surface area contributed by atoms with Gasteiger partial charge >= 0.3 is 17.6 Å². The number of nitriles is 1. The molecule has 1 aromatic heterocycles. The van der Waals surface area contributed by atoms with Crippen molar-refractivity contribution in [1.29, 1.82) is 5.26 Å². The van der Waals surface area contributed by atoms with Crippen LogP contribution < -0.4 is 20.7 Å². The molecular formula is C61H71N4O12PS. The second-order valence-corrected chi connectivity index (χ2v) is 22.2. The van der Waals surface area contributed by atoms with E-state index < -0.39 is 49.1 Å². The van der Waals surface area contributed by atoms with E-state index in [2.05, 4.69) is 15.7 Å². The summed E-state index contributed by atoms with van der Waals surface area (Å²) in [5.74, 6) is 0.643. The summed E-state index contributed by atoms with van der Waals surface area (Å²) in [6.45, 7) is 8.40. The summed E-state index contributed by atoms with van der Waals surface area (Å²) >= 11 is 1.47. The van der Waals surface area contributed by atoms with E-state index in [0.717, 1.165) is 27.8 Å². The Morgan fingerprint density at radius 3 is 1.72 bits per heavy atom. The average molecular weight is 1120 g/mol. The van der Waals surface area contributed by atoms with E-state index in [-0.39, 0.29) is 75.6 Å². The fourth-order valence-corrected chi connectivity index (χ4v) is 13.0. The van der Waals surface area contributed by atoms with Crippen LogP contribution in [-0.2, 0) is 56.4 Å². The molecule has 0 aliphatic carbocycles. The van der Waals surface area contributed by atoms with Crippen LogP contribution in [0.3, 0.4) is 0 Å². The first kappa shape index (κ1) is 60.0. The number of H-pyrrole nitrogens is 1. The molecule has 1 saturated heterocycles. The molecule has 0 bridgehead atoms. The molecule has 0 saturated carbocycles. The molecular weight excluding hydrogens is 1040 g/mol. The van der Waals surface area contributed by atoms with Gasteiger partial charge in [-0.2, -0.15) is 17.0 Å². The second kappa shape index (κ2) is 30.1. The Bertz CT molecular complexity index is 2860. The summed E-state index contributed by atoms with van der Waals surface area (Å²) in [7, 11) is 1.29. The smallest absolute Gasteiger partial charge is 0.330 e. The first-order valence-corrected chi connectivity index (χ1v) is 28.7. The highest BCUT2D eigenvalue weighted by Gasteiger charge is 2.51. The van der Waals surface area contributed by atoms with Gasteiger partial charge in [-0.3, -0.25) is 23.9 Å². The number of aromatic nitrogens is 2. The molecule has 16 nitrogen and oxygen atoms in total. The van der Waals surface area contributed by atoms with E-state index in [0.29, 0.717) is 30.1 Å². The van der Waals surface area contributed by atoms with Gasteiger partial charge in [0.2, 0.25) is 0 Å². The Labute approximate surface area is 468 Å². The second-order valence-electron chi connectivity index (χ2n) is 19.5. The minimum Gasteiger partial charge on any atom is -0.497 e. The van der Waals surface area contributed by atoms with Gasteiger partial charge in [-0.25, -0.2) is 9.46 Å². The lowest BCUT2D eigenvalue weighted by Crippen LogP contribution is -2.42. The molecule has 0 spiro atoms. The van der Waals surface area contributed by atoms with Gasteiger partial charge in [-0.1, -0.05) is 115 Å². The maximum Gasteiger partial charge on any atom is 0.330 e. The monoisotopic (exact) mass is 1110 g/mol. The number of thioether (sulfide) groups is 1. The van der Waals surface area contributed by atoms with E-state index in [1.165, 1.54) is 28.6 Å². The van der Waals surface area contributed by atoms with Gasteiger partial charge in [-0.05, 0) is 104 Å². The lowest BCUT2D eigenvalue weighted by Gasteiger charge is -2.39. The highest BCUT2D eigenvalue weighted by Crippen LogP contribution is 2.53. The predicted molar refractivity (Wildman–Crippen MR) is 304 cm³/mol. The van der Waals surface area contributed by atoms with Crippen molar-refractivity contribution in [2.75, 3.05) is 33.2 Å². The fraction of sp³-hybridized carbons (Fsp3) is 0.393. The standard InChI is InChI=1S/C61H71N4O12PS/c1-43(2)65(44(3)4)78(75-38-16-36-62)77-57-53(41-74-61(48-21-14-9-15-22-48,49-25-29-51(70-5)30-26-49)50-27-31-52(71-6)32-28-50)76-59(64-37-35-54(66)63-60(64)69)58(57)79-42-47(23-33-55(67)72-39-45-17-10-7-11-18-45)24-34-56(68)73-40-46-19-12-8-13-20-46/h7-15,17-22,25-32,35,37,43-44,47,53,57-59H,16,23-24,33-34,38-42H2,1-6H3,(H,63,66,69)/t53-,57-,58-,59-,78?/m1/s1. The van der Waals surface area contributed by atoms with Crippen LogP contribution in [0.5, 0.6) is 11.5 Å². The number of carbonyl (C=O) groups is 2. The van der Waals surface area contributed by atoms with E-state index in [9.17, 15) is 24.4 Å². The van der Waals surface area contributed by atoms with Crippen LogP contribution in [0.15, 0.2) is 161 Å². The number of hydrogen-bond donors (Lipinski definition) is 1. The number of esters is 2. The number of hydrogen-bond acceptors (Lipinski definition) is 15. The van der Waals surface area contributed by atoms with Crippen molar-refractivity contribution in [1.82, 2.24) is 14.2 Å². The van der Waals surface area contributed by atoms with Crippen molar-refractivity contribution in [3.63, 3.8) is 0 Å². The van der Waals surface area contributed by atoms with Gasteiger partial charge in [0.05, 0.1) is 45.2 Å². The van der Waals surface area contributed by atoms with Crippen molar-refractivity contribution >= 4 is 32.2 Å². The maximum absolute atomic E-state index is 14.0. The maximum atomic E-state index is 14.0. The number of methoxy groups -OCH3 is 2. The van der Waals surface area contributed by atoms with Gasteiger partial charge in [0.1, 0.15) is 42.5 Å². The van der Waals surface area contributed by atoms with Gasteiger partial charge < -0.3 is 37.5 Å². The zero-order valence-corrected chi connectivity index (χ0v) is 47.4. The molecule has 1 N–H and O–H groups in total. The lowest BCUT2D eigenvalue weighted by atomic mass is 9.80. The molecule has 18 heteroatoms. The third-order valence-electron chi connectivity index (χ3n) is 13.4. The quantitative estimate of drug-likeness (QED) is 0.0194. The molecule has 0 amide bonds. The largest absolute Gasteiger partial charge is 0.497 e. The van der Waals surface area contributed by atoms with E-state index >= 15 is 0 Å². The normalized spacial score (nSPS) is 16.7. The summed E-state index contributed by atoms with van der Waals surface area (Å²) in [5, 5.41) is 8.98. The van der Waals surface area contributed by atoms with Gasteiger partial charge in [0.25, 0.3) is 14.1 Å². The van der Waals surface area contributed by atoms with Crippen molar-refractivity contribution in [2.24, 2.45) is 5.92 Å². The summed E-state index contributed by atoms with van der Waals surface area (Å²) in [6, 6.07) is 47.4. The Hall–Kier alpha value is -6.61. The van der Waals surface area contributed by atoms with E-state index in [1.54, 1.807) is 14.2 Å². The average Bonchev–Trinajstić information content (AvgIpc) is 3.88. The third-order valence-corrected chi connectivity index (χ3v) is 17.1. The first-order chi connectivity index (χ1) is 38.3. The van der Waals surface area contributed by atoms with Gasteiger partial charge in [0.15, 0.2) is 6.23 Å². The van der Waals surface area contributed by atoms with Crippen LogP contribution in [0.25, 0.3) is 0 Å². The number of rotatable bonds is 30. The SMILES string of the molecule is COc1ccc(C(OC[C@H]2O[C@@H](n3ccc(=O)[nH]c3=O)[C@H](SCC(CCC(=O)OCc3ccccc3)CCC(=O)OCc3ccccc3)[C@@H]2OP(OCCC#N)N(C(C)C)C(C)C)(c2ccccc2)c2ccc(OC)cc2)cc1. The topological polar surface area (TPSA) is 190 Å². The van der Waals surface area contributed by atoms with Crippen molar-refractivity contribution < 1.29 is 47.1 Å². The summed E-state index contributed by atoms with van der Waals surface area (Å²) in [6.07, 6.45) is -0.479. The van der Waals surface area contributed by atoms with Crippen LogP contribution in [0, 0.1) is 17.2 Å². The highest BCUT2D eigenvalue weighted by molar-refractivity contribution is 8.00. The molecule has 1 fully saturated rings. The molecule has 1 unspecified atom stereocenters. The first-order valence-electron chi connectivity index (χ1n) is 26.5. The number of nitrogens with zero attached hydrogens (tertiary/aromatic N) is 3. The zero-order valence-electron chi connectivity index (χ0n) is 45.6. The summed E-state index contributed by atoms with van der Waals surface area (Å²) < 4.78 is 54.7. The molecule has 418 valence electrons. The number of ether oxygens (including phenoxy) is 6. The molecule has 1 aliphatic heterocycles. The van der Waals surface area contributed by atoms with Crippen LogP contribution in [0.1, 0.15) is 93.8 Å².